The Hall–Kier alpha value is -1.76. The molecule has 2 fully saturated rings. The molecule has 0 aromatic carbocycles. The molecule has 1 aromatic heterocycles. The lowest BCUT2D eigenvalue weighted by molar-refractivity contribution is -0.147. The summed E-state index contributed by atoms with van der Waals surface area (Å²) in [5.41, 5.74) is 2.50. The highest BCUT2D eigenvalue weighted by molar-refractivity contribution is 5.80. The van der Waals surface area contributed by atoms with Gasteiger partial charge >= 0.3 is 0 Å². The Kier molecular flexibility index (Phi) is 3.29. The van der Waals surface area contributed by atoms with Gasteiger partial charge in [-0.3, -0.25) is 9.63 Å². The number of rotatable bonds is 4. The first kappa shape index (κ1) is 12.3. The molecule has 1 N–H and O–H groups in total. The lowest BCUT2D eigenvalue weighted by Gasteiger charge is -2.38. The first-order valence-corrected chi connectivity index (χ1v) is 6.40. The monoisotopic (exact) mass is 266 g/mol. The molecule has 1 aromatic rings. The van der Waals surface area contributed by atoms with Gasteiger partial charge in [0.25, 0.3) is 0 Å². The van der Waals surface area contributed by atoms with Crippen molar-refractivity contribution in [1.82, 2.24) is 15.4 Å². The maximum absolute atomic E-state index is 12.7. The summed E-state index contributed by atoms with van der Waals surface area (Å²) < 4.78 is 12.7. The quantitative estimate of drug-likeness (QED) is 0.811. The van der Waals surface area contributed by atoms with Gasteiger partial charge in [-0.05, 0) is 19.3 Å². The second-order valence-corrected chi connectivity index (χ2v) is 4.94. The first-order chi connectivity index (χ1) is 9.22. The van der Waals surface area contributed by atoms with E-state index in [1.54, 1.807) is 0 Å². The molecule has 102 valence electrons. The highest BCUT2D eigenvalue weighted by Crippen LogP contribution is 2.23. The Balaban J connectivity index is 1.43. The van der Waals surface area contributed by atoms with Crippen LogP contribution in [0.2, 0.25) is 0 Å². The highest BCUT2D eigenvalue weighted by Gasteiger charge is 2.35. The second kappa shape index (κ2) is 5.08. The third-order valence-corrected chi connectivity index (χ3v) is 3.52. The third kappa shape index (κ3) is 2.65. The summed E-state index contributed by atoms with van der Waals surface area (Å²) in [5.74, 6) is -0.239. The van der Waals surface area contributed by atoms with E-state index >= 15 is 0 Å². The fraction of sp³-hybridized carbons (Fsp3) is 0.583. The maximum atomic E-state index is 12.7. The molecule has 0 spiro atoms. The van der Waals surface area contributed by atoms with E-state index in [1.807, 2.05) is 4.90 Å². The zero-order valence-electron chi connectivity index (χ0n) is 10.4. The van der Waals surface area contributed by atoms with E-state index < -0.39 is 5.82 Å². The number of hydrogen-bond donors (Lipinski definition) is 1. The minimum absolute atomic E-state index is 0.106. The van der Waals surface area contributed by atoms with E-state index in [0.29, 0.717) is 19.0 Å². The number of carbonyl (C=O) groups excluding carboxylic acids is 1. The molecule has 1 amide bonds. The topological polar surface area (TPSA) is 67.3 Å². The number of aromatic nitrogens is 2. The summed E-state index contributed by atoms with van der Waals surface area (Å²) in [4.78, 5) is 26.6. The number of halogens is 1. The lowest BCUT2D eigenvalue weighted by Crippen LogP contribution is -2.54. The van der Waals surface area contributed by atoms with Crippen molar-refractivity contribution in [2.24, 2.45) is 5.92 Å². The number of nitrogens with zero attached hydrogens (tertiary/aromatic N) is 3. The average Bonchev–Trinajstić information content (AvgIpc) is 2.27. The minimum Gasteiger partial charge on any atom is -0.339 e. The predicted octanol–water partition coefficient (Wildman–Crippen LogP) is 0.652. The summed E-state index contributed by atoms with van der Waals surface area (Å²) in [6, 6.07) is 0. The SMILES string of the molecule is O=C(NOC1CCC1)C1CN(c2ncc(F)cn2)C1. The third-order valence-electron chi connectivity index (χ3n) is 3.52. The van der Waals surface area contributed by atoms with E-state index in [4.69, 9.17) is 4.84 Å². The Morgan fingerprint density at radius 3 is 2.63 bits per heavy atom. The van der Waals surface area contributed by atoms with Crippen molar-refractivity contribution in [2.75, 3.05) is 18.0 Å². The van der Waals surface area contributed by atoms with Gasteiger partial charge in [0.1, 0.15) is 0 Å². The molecule has 19 heavy (non-hydrogen) atoms. The van der Waals surface area contributed by atoms with E-state index in [2.05, 4.69) is 15.4 Å². The van der Waals surface area contributed by atoms with Gasteiger partial charge in [-0.15, -0.1) is 0 Å². The largest absolute Gasteiger partial charge is 0.339 e. The van der Waals surface area contributed by atoms with Crippen LogP contribution in [0.15, 0.2) is 12.4 Å². The van der Waals surface area contributed by atoms with Crippen LogP contribution in [0, 0.1) is 11.7 Å². The van der Waals surface area contributed by atoms with E-state index in [1.165, 1.54) is 6.42 Å². The van der Waals surface area contributed by atoms with Crippen molar-refractivity contribution >= 4 is 11.9 Å². The van der Waals surface area contributed by atoms with Crippen LogP contribution in [0.4, 0.5) is 10.3 Å². The summed E-state index contributed by atoms with van der Waals surface area (Å²) in [6.45, 7) is 1.07. The van der Waals surface area contributed by atoms with Crippen molar-refractivity contribution < 1.29 is 14.0 Å². The molecule has 6 nitrogen and oxygen atoms in total. The van der Waals surface area contributed by atoms with Gasteiger partial charge in [-0.2, -0.15) is 0 Å². The normalized spacial score (nSPS) is 19.7. The van der Waals surface area contributed by atoms with Crippen molar-refractivity contribution in [1.29, 1.82) is 0 Å². The Bertz CT molecular complexity index is 457. The summed E-state index contributed by atoms with van der Waals surface area (Å²) >= 11 is 0. The molecule has 7 heteroatoms. The molecule has 0 radical (unpaired) electrons. The van der Waals surface area contributed by atoms with Crippen LogP contribution in [0.3, 0.4) is 0 Å². The predicted molar refractivity (Wildman–Crippen MR) is 64.6 cm³/mol. The van der Waals surface area contributed by atoms with Gasteiger partial charge in [0.2, 0.25) is 11.9 Å². The van der Waals surface area contributed by atoms with Gasteiger partial charge in [-0.25, -0.2) is 19.8 Å². The minimum atomic E-state index is -0.465. The molecule has 3 rings (SSSR count). The molecule has 1 saturated carbocycles. The average molecular weight is 266 g/mol. The van der Waals surface area contributed by atoms with Crippen LogP contribution in [-0.4, -0.2) is 35.1 Å². The summed E-state index contributed by atoms with van der Waals surface area (Å²) in [7, 11) is 0. The fourth-order valence-corrected chi connectivity index (χ4v) is 1.99. The Morgan fingerprint density at radius 2 is 2.05 bits per heavy atom. The van der Waals surface area contributed by atoms with Crippen LogP contribution in [0.25, 0.3) is 0 Å². The summed E-state index contributed by atoms with van der Waals surface area (Å²) in [5, 5.41) is 0. The van der Waals surface area contributed by atoms with Crippen molar-refractivity contribution in [2.45, 2.75) is 25.4 Å². The molecular weight excluding hydrogens is 251 g/mol. The second-order valence-electron chi connectivity index (χ2n) is 4.94. The van der Waals surface area contributed by atoms with Crippen LogP contribution < -0.4 is 10.4 Å². The van der Waals surface area contributed by atoms with Gasteiger partial charge in [-0.1, -0.05) is 0 Å². The smallest absolute Gasteiger partial charge is 0.250 e. The van der Waals surface area contributed by atoms with Gasteiger partial charge < -0.3 is 4.90 Å². The standard InChI is InChI=1S/C12H15FN4O2/c13-9-4-14-12(15-5-9)17-6-8(7-17)11(18)16-19-10-2-1-3-10/h4-5,8,10H,1-3,6-7H2,(H,16,18). The molecule has 2 aliphatic rings. The van der Waals surface area contributed by atoms with Gasteiger partial charge in [0, 0.05) is 13.1 Å². The van der Waals surface area contributed by atoms with E-state index in [-0.39, 0.29) is 17.9 Å². The number of carbonyl (C=O) groups is 1. The van der Waals surface area contributed by atoms with Crippen LogP contribution in [0.5, 0.6) is 0 Å². The van der Waals surface area contributed by atoms with Crippen LogP contribution >= 0.6 is 0 Å². The molecule has 0 bridgehead atoms. The summed E-state index contributed by atoms with van der Waals surface area (Å²) in [6.07, 6.45) is 5.62. The van der Waals surface area contributed by atoms with Crippen LogP contribution in [0.1, 0.15) is 19.3 Å². The Morgan fingerprint density at radius 1 is 1.37 bits per heavy atom. The molecule has 1 aliphatic carbocycles. The number of hydrogen-bond acceptors (Lipinski definition) is 5. The Labute approximate surface area is 109 Å². The molecule has 2 heterocycles. The number of amides is 1. The molecule has 1 saturated heterocycles. The zero-order chi connectivity index (χ0) is 13.2. The number of nitrogens with one attached hydrogen (secondary N) is 1. The van der Waals surface area contributed by atoms with Crippen molar-refractivity contribution in [3.63, 3.8) is 0 Å². The lowest BCUT2D eigenvalue weighted by atomic mass is 9.96. The molecule has 0 unspecified atom stereocenters. The molecule has 0 atom stereocenters. The first-order valence-electron chi connectivity index (χ1n) is 6.40. The van der Waals surface area contributed by atoms with Crippen LogP contribution in [-0.2, 0) is 9.63 Å². The van der Waals surface area contributed by atoms with Crippen molar-refractivity contribution in [3.8, 4) is 0 Å². The van der Waals surface area contributed by atoms with Gasteiger partial charge in [0.05, 0.1) is 24.4 Å². The number of hydroxylamine groups is 1. The molecule has 1 aliphatic heterocycles. The highest BCUT2D eigenvalue weighted by atomic mass is 19.1. The maximum Gasteiger partial charge on any atom is 0.250 e. The van der Waals surface area contributed by atoms with Gasteiger partial charge in [0.15, 0.2) is 5.82 Å². The fourth-order valence-electron chi connectivity index (χ4n) is 1.99. The molecular formula is C12H15FN4O2. The zero-order valence-corrected chi connectivity index (χ0v) is 10.4. The number of anilines is 1. The van der Waals surface area contributed by atoms with Crippen molar-refractivity contribution in [3.05, 3.63) is 18.2 Å². The van der Waals surface area contributed by atoms with E-state index in [0.717, 1.165) is 25.2 Å². The van der Waals surface area contributed by atoms with E-state index in [9.17, 15) is 9.18 Å².